The number of ether oxygens (including phenoxy) is 1. The molecule has 0 amide bonds. The van der Waals surface area contributed by atoms with E-state index in [9.17, 15) is 4.79 Å². The van der Waals surface area contributed by atoms with Gasteiger partial charge < -0.3 is 4.74 Å². The van der Waals surface area contributed by atoms with Gasteiger partial charge in [-0.15, -0.1) is 0 Å². The van der Waals surface area contributed by atoms with Crippen LogP contribution in [0.3, 0.4) is 0 Å². The zero-order valence-electron chi connectivity index (χ0n) is 9.79. The lowest BCUT2D eigenvalue weighted by molar-refractivity contribution is -0.0125. The molecule has 2 aliphatic carbocycles. The van der Waals surface area contributed by atoms with Gasteiger partial charge in [-0.25, -0.2) is 4.79 Å². The van der Waals surface area contributed by atoms with Crippen LogP contribution in [0.5, 0.6) is 0 Å². The summed E-state index contributed by atoms with van der Waals surface area (Å²) in [6.45, 7) is 4.15. The minimum atomic E-state index is -0.264. The van der Waals surface area contributed by atoms with E-state index in [2.05, 4.69) is 13.8 Å². The van der Waals surface area contributed by atoms with Gasteiger partial charge in [-0.2, -0.15) is 0 Å². The van der Waals surface area contributed by atoms with Gasteiger partial charge in [0.05, 0.1) is 0 Å². The van der Waals surface area contributed by atoms with Crippen LogP contribution in [0.2, 0.25) is 0 Å². The summed E-state index contributed by atoms with van der Waals surface area (Å²) in [5, 5.41) is -0.136. The zero-order valence-corrected chi connectivity index (χ0v) is 10.6. The first-order valence-electron chi connectivity index (χ1n) is 5.80. The summed E-state index contributed by atoms with van der Waals surface area (Å²) in [7, 11) is 0. The molecule has 0 aromatic rings. The van der Waals surface area contributed by atoms with Crippen molar-refractivity contribution in [2.24, 2.45) is 17.8 Å². The molecular weight excluding hydrogens is 208 g/mol. The van der Waals surface area contributed by atoms with Crippen molar-refractivity contribution in [2.45, 2.75) is 45.1 Å². The number of carbonyl (C=O) groups is 1. The minimum Gasteiger partial charge on any atom is -0.451 e. The quantitative estimate of drug-likeness (QED) is 0.674. The van der Waals surface area contributed by atoms with Crippen molar-refractivity contribution in [1.29, 1.82) is 0 Å². The fraction of sp³-hybridized carbons (Fsp3) is 0.917. The van der Waals surface area contributed by atoms with E-state index >= 15 is 0 Å². The van der Waals surface area contributed by atoms with Crippen LogP contribution in [0.4, 0.5) is 4.79 Å². The van der Waals surface area contributed by atoms with Gasteiger partial charge in [0.2, 0.25) is 0 Å². The van der Waals surface area contributed by atoms with Crippen LogP contribution in [0.1, 0.15) is 39.5 Å². The maximum absolute atomic E-state index is 11.3. The van der Waals surface area contributed by atoms with Crippen LogP contribution in [-0.2, 0) is 4.74 Å². The molecule has 0 N–H and O–H groups in total. The fourth-order valence-corrected chi connectivity index (χ4v) is 3.73. The molecule has 0 radical (unpaired) electrons. The van der Waals surface area contributed by atoms with Crippen molar-refractivity contribution in [1.82, 2.24) is 0 Å². The normalized spacial score (nSPS) is 34.5. The van der Waals surface area contributed by atoms with Gasteiger partial charge in [0.1, 0.15) is 5.60 Å². The van der Waals surface area contributed by atoms with Crippen LogP contribution >= 0.6 is 11.8 Å². The lowest BCUT2D eigenvalue weighted by Gasteiger charge is -2.36. The average Bonchev–Trinajstić information content (AvgIpc) is 2.77. The second-order valence-corrected chi connectivity index (χ2v) is 6.18. The molecule has 2 nitrogen and oxygen atoms in total. The first-order chi connectivity index (χ1) is 7.03. The molecule has 0 spiro atoms. The average molecular weight is 228 g/mol. The van der Waals surface area contributed by atoms with Crippen LogP contribution in [0.15, 0.2) is 0 Å². The van der Waals surface area contributed by atoms with E-state index in [1.165, 1.54) is 37.4 Å². The second-order valence-electron chi connectivity index (χ2n) is 5.44. The highest BCUT2D eigenvalue weighted by molar-refractivity contribution is 8.12. The number of hydrogen-bond acceptors (Lipinski definition) is 3. The Morgan fingerprint density at radius 3 is 2.53 bits per heavy atom. The number of hydrogen-bond donors (Lipinski definition) is 0. The Morgan fingerprint density at radius 2 is 2.07 bits per heavy atom. The Hall–Kier alpha value is -0.180. The largest absolute Gasteiger partial charge is 0.451 e. The van der Waals surface area contributed by atoms with Gasteiger partial charge >= 0.3 is 5.30 Å². The molecule has 2 bridgehead atoms. The molecule has 3 heteroatoms. The predicted molar refractivity (Wildman–Crippen MR) is 63.0 cm³/mol. The summed E-state index contributed by atoms with van der Waals surface area (Å²) in [5.74, 6) is 2.30. The van der Waals surface area contributed by atoms with Crippen molar-refractivity contribution in [2.75, 3.05) is 6.26 Å². The van der Waals surface area contributed by atoms with Crippen molar-refractivity contribution in [3.63, 3.8) is 0 Å². The predicted octanol–water partition coefficient (Wildman–Crippen LogP) is 3.70. The zero-order chi connectivity index (χ0) is 11.1. The van der Waals surface area contributed by atoms with Gasteiger partial charge in [0, 0.05) is 5.92 Å². The van der Waals surface area contributed by atoms with Crippen molar-refractivity contribution in [3.05, 3.63) is 0 Å². The van der Waals surface area contributed by atoms with Crippen molar-refractivity contribution < 1.29 is 9.53 Å². The first kappa shape index (κ1) is 11.3. The Labute approximate surface area is 96.1 Å². The van der Waals surface area contributed by atoms with Gasteiger partial charge in [0.15, 0.2) is 0 Å². The Kier molecular flexibility index (Phi) is 3.02. The number of thioether (sulfide) groups is 1. The number of fused-ring (bicyclic) bond motifs is 2. The molecule has 0 saturated heterocycles. The van der Waals surface area contributed by atoms with Crippen LogP contribution in [-0.4, -0.2) is 17.2 Å². The van der Waals surface area contributed by atoms with E-state index in [0.29, 0.717) is 5.92 Å². The Bertz CT molecular complexity index is 262. The van der Waals surface area contributed by atoms with E-state index in [0.717, 1.165) is 11.8 Å². The SMILES string of the molecule is CSC(=O)OC(C)(C)C1CC2CCC1C2. The molecule has 0 heterocycles. The standard InChI is InChI=1S/C12H20O2S/c1-12(2,14-11(13)15-3)10-7-8-4-5-9(10)6-8/h8-10H,4-7H2,1-3H3. The number of carbonyl (C=O) groups excluding carboxylic acids is 1. The van der Waals surface area contributed by atoms with Crippen LogP contribution < -0.4 is 0 Å². The number of rotatable bonds is 2. The maximum atomic E-state index is 11.3. The van der Waals surface area contributed by atoms with E-state index in [-0.39, 0.29) is 10.9 Å². The first-order valence-corrected chi connectivity index (χ1v) is 7.02. The molecule has 3 atom stereocenters. The molecule has 0 aromatic carbocycles. The molecule has 2 saturated carbocycles. The molecule has 15 heavy (non-hydrogen) atoms. The van der Waals surface area contributed by atoms with Gasteiger partial charge in [-0.1, -0.05) is 6.42 Å². The summed E-state index contributed by atoms with van der Waals surface area (Å²) < 4.78 is 5.55. The summed E-state index contributed by atoms with van der Waals surface area (Å²) in [4.78, 5) is 11.3. The molecule has 3 unspecified atom stereocenters. The molecule has 0 aliphatic heterocycles. The third-order valence-corrected chi connectivity index (χ3v) is 4.56. The third kappa shape index (κ3) is 2.17. The van der Waals surface area contributed by atoms with Crippen LogP contribution in [0.25, 0.3) is 0 Å². The van der Waals surface area contributed by atoms with E-state index in [4.69, 9.17) is 4.74 Å². The summed E-state index contributed by atoms with van der Waals surface area (Å²) in [6, 6.07) is 0. The van der Waals surface area contributed by atoms with E-state index in [1.54, 1.807) is 6.26 Å². The molecule has 0 aromatic heterocycles. The lowest BCUT2D eigenvalue weighted by Crippen LogP contribution is -2.38. The van der Waals surface area contributed by atoms with Crippen LogP contribution in [0, 0.1) is 17.8 Å². The van der Waals surface area contributed by atoms with Gasteiger partial charge in [-0.3, -0.25) is 0 Å². The third-order valence-electron chi connectivity index (χ3n) is 4.14. The lowest BCUT2D eigenvalue weighted by atomic mass is 9.78. The van der Waals surface area contributed by atoms with Gasteiger partial charge in [-0.05, 0) is 63.0 Å². The molecular formula is C12H20O2S. The van der Waals surface area contributed by atoms with E-state index in [1.807, 2.05) is 0 Å². The van der Waals surface area contributed by atoms with Crippen molar-refractivity contribution >= 4 is 17.1 Å². The highest BCUT2D eigenvalue weighted by Gasteiger charge is 2.48. The second kappa shape index (κ2) is 4.00. The van der Waals surface area contributed by atoms with Crippen molar-refractivity contribution in [3.8, 4) is 0 Å². The highest BCUT2D eigenvalue weighted by Crippen LogP contribution is 2.53. The molecule has 86 valence electrons. The van der Waals surface area contributed by atoms with Gasteiger partial charge in [0.25, 0.3) is 0 Å². The topological polar surface area (TPSA) is 26.3 Å². The Morgan fingerprint density at radius 1 is 1.33 bits per heavy atom. The molecule has 2 fully saturated rings. The minimum absolute atomic E-state index is 0.136. The monoisotopic (exact) mass is 228 g/mol. The summed E-state index contributed by atoms with van der Waals surface area (Å²) in [6.07, 6.45) is 7.15. The summed E-state index contributed by atoms with van der Waals surface area (Å²) >= 11 is 1.17. The highest BCUT2D eigenvalue weighted by atomic mass is 32.2. The molecule has 2 aliphatic rings. The fourth-order valence-electron chi connectivity index (χ4n) is 3.43. The summed E-state index contributed by atoms with van der Waals surface area (Å²) in [5.41, 5.74) is -0.264. The molecule has 2 rings (SSSR count). The van der Waals surface area contributed by atoms with E-state index < -0.39 is 0 Å². The Balaban J connectivity index is 1.99. The maximum Gasteiger partial charge on any atom is 0.367 e. The smallest absolute Gasteiger partial charge is 0.367 e.